The van der Waals surface area contributed by atoms with E-state index in [-0.39, 0.29) is 5.92 Å². The standard InChI is InChI=1S/C17H20N4/c1-12(13-7-5-4-6-8-13)16-17(18)21-11-14(20(2)3)9-10-15(21)19-16/h4-12H,18H2,1-3H3. The first-order chi connectivity index (χ1) is 10.1. The largest absolute Gasteiger partial charge is 0.383 e. The van der Waals surface area contributed by atoms with Gasteiger partial charge in [-0.05, 0) is 17.7 Å². The second kappa shape index (κ2) is 5.13. The second-order valence-corrected chi connectivity index (χ2v) is 5.52. The molecule has 0 fully saturated rings. The Morgan fingerprint density at radius 3 is 2.48 bits per heavy atom. The maximum absolute atomic E-state index is 6.33. The number of imidazole rings is 1. The summed E-state index contributed by atoms with van der Waals surface area (Å²) in [5.41, 5.74) is 10.5. The van der Waals surface area contributed by atoms with Gasteiger partial charge in [-0.15, -0.1) is 0 Å². The highest BCUT2D eigenvalue weighted by atomic mass is 15.1. The van der Waals surface area contributed by atoms with Gasteiger partial charge in [0.05, 0.1) is 11.4 Å². The first-order valence-corrected chi connectivity index (χ1v) is 7.07. The summed E-state index contributed by atoms with van der Waals surface area (Å²) in [5.74, 6) is 0.888. The van der Waals surface area contributed by atoms with Crippen LogP contribution in [0.1, 0.15) is 24.1 Å². The third-order valence-corrected chi connectivity index (χ3v) is 3.89. The minimum Gasteiger partial charge on any atom is -0.383 e. The third-order valence-electron chi connectivity index (χ3n) is 3.89. The van der Waals surface area contributed by atoms with Crippen LogP contribution < -0.4 is 10.6 Å². The number of hydrogen-bond donors (Lipinski definition) is 1. The van der Waals surface area contributed by atoms with E-state index < -0.39 is 0 Å². The van der Waals surface area contributed by atoms with Crippen molar-refractivity contribution in [1.29, 1.82) is 0 Å². The van der Waals surface area contributed by atoms with Crippen molar-refractivity contribution in [3.63, 3.8) is 0 Å². The predicted molar refractivity (Wildman–Crippen MR) is 87.9 cm³/mol. The van der Waals surface area contributed by atoms with Gasteiger partial charge in [0.2, 0.25) is 0 Å². The molecule has 3 rings (SSSR count). The Kier molecular flexibility index (Phi) is 3.29. The summed E-state index contributed by atoms with van der Waals surface area (Å²) in [5, 5.41) is 0. The summed E-state index contributed by atoms with van der Waals surface area (Å²) in [4.78, 5) is 6.76. The zero-order valence-electron chi connectivity index (χ0n) is 12.6. The summed E-state index contributed by atoms with van der Waals surface area (Å²) in [6.45, 7) is 2.14. The Labute approximate surface area is 124 Å². The van der Waals surface area contributed by atoms with Gasteiger partial charge in [-0.25, -0.2) is 4.98 Å². The van der Waals surface area contributed by atoms with Gasteiger partial charge in [-0.2, -0.15) is 0 Å². The molecular formula is C17H20N4. The fourth-order valence-electron chi connectivity index (χ4n) is 2.55. The summed E-state index contributed by atoms with van der Waals surface area (Å²) in [7, 11) is 4.03. The minimum absolute atomic E-state index is 0.175. The zero-order valence-corrected chi connectivity index (χ0v) is 12.6. The van der Waals surface area contributed by atoms with E-state index >= 15 is 0 Å². The smallest absolute Gasteiger partial charge is 0.138 e. The Morgan fingerprint density at radius 1 is 1.10 bits per heavy atom. The van der Waals surface area contributed by atoms with Crippen LogP contribution >= 0.6 is 0 Å². The van der Waals surface area contributed by atoms with Crippen molar-refractivity contribution in [3.8, 4) is 0 Å². The molecule has 21 heavy (non-hydrogen) atoms. The van der Waals surface area contributed by atoms with Crippen molar-refractivity contribution >= 4 is 17.2 Å². The topological polar surface area (TPSA) is 46.6 Å². The molecule has 108 valence electrons. The average molecular weight is 280 g/mol. The van der Waals surface area contributed by atoms with Crippen LogP contribution in [0, 0.1) is 0 Å². The number of hydrogen-bond acceptors (Lipinski definition) is 3. The van der Waals surface area contributed by atoms with Crippen LogP contribution in [0.15, 0.2) is 48.7 Å². The van der Waals surface area contributed by atoms with Gasteiger partial charge >= 0.3 is 0 Å². The van der Waals surface area contributed by atoms with E-state index in [0.717, 1.165) is 17.0 Å². The van der Waals surface area contributed by atoms with Crippen molar-refractivity contribution < 1.29 is 0 Å². The molecule has 2 N–H and O–H groups in total. The number of aromatic nitrogens is 2. The van der Waals surface area contributed by atoms with Crippen molar-refractivity contribution in [1.82, 2.24) is 9.38 Å². The summed E-state index contributed by atoms with van der Waals surface area (Å²) < 4.78 is 1.96. The van der Waals surface area contributed by atoms with Crippen LogP contribution in [0.5, 0.6) is 0 Å². The molecule has 0 aliphatic heterocycles. The van der Waals surface area contributed by atoms with Crippen molar-refractivity contribution in [2.24, 2.45) is 0 Å². The molecule has 1 unspecified atom stereocenters. The number of nitrogens with two attached hydrogens (primary N) is 1. The van der Waals surface area contributed by atoms with Gasteiger partial charge < -0.3 is 10.6 Å². The number of anilines is 2. The molecule has 4 nitrogen and oxygen atoms in total. The number of nitrogens with zero attached hydrogens (tertiary/aromatic N) is 3. The molecule has 3 aromatic rings. The second-order valence-electron chi connectivity index (χ2n) is 5.52. The molecule has 0 amide bonds. The van der Waals surface area contributed by atoms with E-state index in [4.69, 9.17) is 10.7 Å². The molecule has 1 atom stereocenters. The van der Waals surface area contributed by atoms with E-state index in [2.05, 4.69) is 30.0 Å². The van der Waals surface area contributed by atoms with Crippen molar-refractivity contribution in [3.05, 3.63) is 59.9 Å². The highest BCUT2D eigenvalue weighted by Gasteiger charge is 2.17. The van der Waals surface area contributed by atoms with E-state index in [1.165, 1.54) is 5.56 Å². The fourth-order valence-corrected chi connectivity index (χ4v) is 2.55. The van der Waals surface area contributed by atoms with E-state index in [1.54, 1.807) is 0 Å². The molecule has 2 heterocycles. The highest BCUT2D eigenvalue weighted by Crippen LogP contribution is 2.29. The Hall–Kier alpha value is -2.49. The molecule has 0 bridgehead atoms. The van der Waals surface area contributed by atoms with Crippen LogP contribution in [-0.2, 0) is 0 Å². The molecule has 1 aromatic carbocycles. The lowest BCUT2D eigenvalue weighted by atomic mass is 9.98. The van der Waals surface area contributed by atoms with E-state index in [1.807, 2.05) is 49.0 Å². The van der Waals surface area contributed by atoms with Crippen LogP contribution in [0.25, 0.3) is 5.65 Å². The van der Waals surface area contributed by atoms with Crippen LogP contribution in [0.3, 0.4) is 0 Å². The van der Waals surface area contributed by atoms with Crippen LogP contribution in [-0.4, -0.2) is 23.5 Å². The molecule has 0 saturated carbocycles. The van der Waals surface area contributed by atoms with Crippen molar-refractivity contribution in [2.75, 3.05) is 24.7 Å². The molecule has 0 spiro atoms. The predicted octanol–water partition coefficient (Wildman–Crippen LogP) is 3.13. The normalized spacial score (nSPS) is 12.5. The molecule has 4 heteroatoms. The lowest BCUT2D eigenvalue weighted by Gasteiger charge is -2.12. The van der Waals surface area contributed by atoms with Gasteiger partial charge in [-0.1, -0.05) is 37.3 Å². The summed E-state index contributed by atoms with van der Waals surface area (Å²) >= 11 is 0. The van der Waals surface area contributed by atoms with Crippen LogP contribution in [0.2, 0.25) is 0 Å². The van der Waals surface area contributed by atoms with E-state index in [9.17, 15) is 0 Å². The maximum atomic E-state index is 6.33. The molecule has 0 radical (unpaired) electrons. The molecule has 0 aliphatic carbocycles. The number of fused-ring (bicyclic) bond motifs is 1. The Morgan fingerprint density at radius 2 is 1.81 bits per heavy atom. The number of rotatable bonds is 3. The van der Waals surface area contributed by atoms with Gasteiger partial charge in [0.15, 0.2) is 0 Å². The van der Waals surface area contributed by atoms with Crippen molar-refractivity contribution in [2.45, 2.75) is 12.8 Å². The number of pyridine rings is 1. The van der Waals surface area contributed by atoms with Crippen LogP contribution in [0.4, 0.5) is 11.5 Å². The fraction of sp³-hybridized carbons (Fsp3) is 0.235. The van der Waals surface area contributed by atoms with Gasteiger partial charge in [0, 0.05) is 26.2 Å². The molecular weight excluding hydrogens is 260 g/mol. The average Bonchev–Trinajstić information content (AvgIpc) is 2.84. The van der Waals surface area contributed by atoms with Gasteiger partial charge in [-0.3, -0.25) is 4.40 Å². The SMILES string of the molecule is CC(c1ccccc1)c1nc2ccc(N(C)C)cn2c1N. The minimum atomic E-state index is 0.175. The first-order valence-electron chi connectivity index (χ1n) is 7.07. The zero-order chi connectivity index (χ0) is 15.0. The number of nitrogen functional groups attached to an aromatic ring is 1. The number of benzene rings is 1. The Bertz CT molecular complexity index is 759. The maximum Gasteiger partial charge on any atom is 0.138 e. The lowest BCUT2D eigenvalue weighted by molar-refractivity contribution is 0.889. The van der Waals surface area contributed by atoms with Gasteiger partial charge in [0.1, 0.15) is 11.5 Å². The summed E-state index contributed by atoms with van der Waals surface area (Å²) in [6.07, 6.45) is 2.03. The monoisotopic (exact) mass is 280 g/mol. The first kappa shape index (κ1) is 13.5. The highest BCUT2D eigenvalue weighted by molar-refractivity contribution is 5.59. The Balaban J connectivity index is 2.10. The summed E-state index contributed by atoms with van der Waals surface area (Å²) in [6, 6.07) is 14.4. The molecule has 0 aliphatic rings. The van der Waals surface area contributed by atoms with Gasteiger partial charge in [0.25, 0.3) is 0 Å². The molecule has 2 aromatic heterocycles. The quantitative estimate of drug-likeness (QED) is 0.801. The van der Waals surface area contributed by atoms with E-state index in [0.29, 0.717) is 5.82 Å². The molecule has 0 saturated heterocycles. The lowest BCUT2D eigenvalue weighted by Crippen LogP contribution is -2.09. The third kappa shape index (κ3) is 2.33.